The van der Waals surface area contributed by atoms with Crippen LogP contribution in [0.3, 0.4) is 0 Å². The Bertz CT molecular complexity index is 349. The smallest absolute Gasteiger partial charge is 0.234 e. The van der Waals surface area contributed by atoms with Crippen molar-refractivity contribution in [3.05, 3.63) is 24.2 Å². The van der Waals surface area contributed by atoms with Crippen LogP contribution < -0.4 is 11.1 Å². The molecule has 0 saturated heterocycles. The largest absolute Gasteiger partial charge is 0.468 e. The zero-order chi connectivity index (χ0) is 13.5. The SMILES string of the molecule is CC(C)CNC(=O)CN(C)C(CN)c1ccco1. The maximum atomic E-state index is 11.7. The van der Waals surface area contributed by atoms with Gasteiger partial charge in [0.05, 0.1) is 18.8 Å². The van der Waals surface area contributed by atoms with Crippen molar-refractivity contribution in [3.8, 4) is 0 Å². The van der Waals surface area contributed by atoms with Gasteiger partial charge in [0, 0.05) is 13.1 Å². The molecule has 0 radical (unpaired) electrons. The van der Waals surface area contributed by atoms with Crippen molar-refractivity contribution >= 4 is 5.91 Å². The number of nitrogens with two attached hydrogens (primary N) is 1. The molecule has 1 unspecified atom stereocenters. The van der Waals surface area contributed by atoms with E-state index >= 15 is 0 Å². The summed E-state index contributed by atoms with van der Waals surface area (Å²) < 4.78 is 5.33. The van der Waals surface area contributed by atoms with Gasteiger partial charge in [0.15, 0.2) is 0 Å². The minimum absolute atomic E-state index is 0.0104. The Kier molecular flexibility index (Phi) is 5.88. The number of amides is 1. The first-order valence-corrected chi connectivity index (χ1v) is 6.25. The number of carbonyl (C=O) groups is 1. The van der Waals surface area contributed by atoms with Gasteiger partial charge in [-0.1, -0.05) is 13.8 Å². The van der Waals surface area contributed by atoms with Gasteiger partial charge in [-0.2, -0.15) is 0 Å². The van der Waals surface area contributed by atoms with Crippen molar-refractivity contribution in [3.63, 3.8) is 0 Å². The predicted molar refractivity (Wildman–Crippen MR) is 71.0 cm³/mol. The number of hydrogen-bond acceptors (Lipinski definition) is 4. The number of hydrogen-bond donors (Lipinski definition) is 2. The topological polar surface area (TPSA) is 71.5 Å². The van der Waals surface area contributed by atoms with Gasteiger partial charge in [-0.3, -0.25) is 9.69 Å². The molecule has 5 nitrogen and oxygen atoms in total. The van der Waals surface area contributed by atoms with Gasteiger partial charge >= 0.3 is 0 Å². The van der Waals surface area contributed by atoms with Crippen molar-refractivity contribution in [2.45, 2.75) is 19.9 Å². The Hall–Kier alpha value is -1.33. The zero-order valence-corrected chi connectivity index (χ0v) is 11.3. The maximum Gasteiger partial charge on any atom is 0.234 e. The van der Waals surface area contributed by atoms with E-state index in [1.807, 2.05) is 24.1 Å². The van der Waals surface area contributed by atoms with E-state index in [-0.39, 0.29) is 11.9 Å². The fourth-order valence-corrected chi connectivity index (χ4v) is 1.70. The standard InChI is InChI=1S/C13H23N3O2/c1-10(2)8-15-13(17)9-16(3)11(7-14)12-5-4-6-18-12/h4-6,10-11H,7-9,14H2,1-3H3,(H,15,17). The van der Waals surface area contributed by atoms with E-state index in [4.69, 9.17) is 10.2 Å². The predicted octanol–water partition coefficient (Wildman–Crippen LogP) is 0.983. The molecule has 0 aromatic carbocycles. The Labute approximate surface area is 108 Å². The molecule has 0 aliphatic heterocycles. The number of carbonyl (C=O) groups excluding carboxylic acids is 1. The molecule has 18 heavy (non-hydrogen) atoms. The molecule has 0 spiro atoms. The molecule has 1 heterocycles. The van der Waals surface area contributed by atoms with Crippen molar-refractivity contribution in [1.82, 2.24) is 10.2 Å². The first-order valence-electron chi connectivity index (χ1n) is 6.25. The Morgan fingerprint density at radius 3 is 2.78 bits per heavy atom. The lowest BCUT2D eigenvalue weighted by atomic mass is 10.2. The highest BCUT2D eigenvalue weighted by atomic mass is 16.3. The van der Waals surface area contributed by atoms with Crippen LogP contribution in [0.15, 0.2) is 22.8 Å². The average molecular weight is 253 g/mol. The van der Waals surface area contributed by atoms with Crippen molar-refractivity contribution in [2.75, 3.05) is 26.7 Å². The lowest BCUT2D eigenvalue weighted by Gasteiger charge is -2.24. The van der Waals surface area contributed by atoms with Crippen LogP contribution in [0.1, 0.15) is 25.6 Å². The van der Waals surface area contributed by atoms with E-state index in [9.17, 15) is 4.79 Å². The van der Waals surface area contributed by atoms with Gasteiger partial charge in [0.25, 0.3) is 0 Å². The highest BCUT2D eigenvalue weighted by molar-refractivity contribution is 5.78. The molecule has 3 N–H and O–H groups in total. The number of likely N-dealkylation sites (N-methyl/N-ethyl adjacent to an activating group) is 1. The van der Waals surface area contributed by atoms with E-state index in [0.717, 1.165) is 5.76 Å². The molecule has 1 atom stereocenters. The normalized spacial score (nSPS) is 13.0. The van der Waals surface area contributed by atoms with Crippen molar-refractivity contribution < 1.29 is 9.21 Å². The van der Waals surface area contributed by atoms with Gasteiger partial charge in [0.2, 0.25) is 5.91 Å². The van der Waals surface area contributed by atoms with Crippen LogP contribution in [0.2, 0.25) is 0 Å². The second kappa shape index (κ2) is 7.18. The Morgan fingerprint density at radius 1 is 1.56 bits per heavy atom. The van der Waals surface area contributed by atoms with Crippen LogP contribution >= 0.6 is 0 Å². The van der Waals surface area contributed by atoms with Gasteiger partial charge in [-0.05, 0) is 25.1 Å². The third kappa shape index (κ3) is 4.50. The van der Waals surface area contributed by atoms with Crippen molar-refractivity contribution in [1.29, 1.82) is 0 Å². The summed E-state index contributed by atoms with van der Waals surface area (Å²) in [6, 6.07) is 3.63. The summed E-state index contributed by atoms with van der Waals surface area (Å²) in [7, 11) is 1.87. The number of furan rings is 1. The van der Waals surface area contributed by atoms with Gasteiger partial charge in [0.1, 0.15) is 5.76 Å². The fraction of sp³-hybridized carbons (Fsp3) is 0.615. The molecule has 102 valence electrons. The van der Waals surface area contributed by atoms with E-state index < -0.39 is 0 Å². The van der Waals surface area contributed by atoms with E-state index in [2.05, 4.69) is 19.2 Å². The summed E-state index contributed by atoms with van der Waals surface area (Å²) in [6.07, 6.45) is 1.62. The third-order valence-electron chi connectivity index (χ3n) is 2.73. The molecule has 0 aliphatic carbocycles. The quantitative estimate of drug-likeness (QED) is 0.760. The highest BCUT2D eigenvalue weighted by Crippen LogP contribution is 2.17. The molecule has 1 rings (SSSR count). The number of nitrogens with zero attached hydrogens (tertiary/aromatic N) is 1. The van der Waals surface area contributed by atoms with Gasteiger partial charge in [-0.25, -0.2) is 0 Å². The number of nitrogens with one attached hydrogen (secondary N) is 1. The van der Waals surface area contributed by atoms with Crippen molar-refractivity contribution in [2.24, 2.45) is 11.7 Å². The molecule has 1 aromatic heterocycles. The lowest BCUT2D eigenvalue weighted by Crippen LogP contribution is -2.40. The molecule has 1 amide bonds. The Balaban J connectivity index is 2.47. The van der Waals surface area contributed by atoms with Crippen LogP contribution in [0.25, 0.3) is 0 Å². The second-order valence-corrected chi connectivity index (χ2v) is 4.88. The molecule has 0 bridgehead atoms. The second-order valence-electron chi connectivity index (χ2n) is 4.88. The average Bonchev–Trinajstić information content (AvgIpc) is 2.81. The first kappa shape index (κ1) is 14.7. The summed E-state index contributed by atoms with van der Waals surface area (Å²) in [6.45, 7) is 5.56. The van der Waals surface area contributed by atoms with Crippen LogP contribution in [0, 0.1) is 5.92 Å². The van der Waals surface area contributed by atoms with Gasteiger partial charge in [-0.15, -0.1) is 0 Å². The van der Waals surface area contributed by atoms with E-state index in [1.165, 1.54) is 0 Å². The monoisotopic (exact) mass is 253 g/mol. The van der Waals surface area contributed by atoms with E-state index in [1.54, 1.807) is 6.26 Å². The fourth-order valence-electron chi connectivity index (χ4n) is 1.70. The van der Waals surface area contributed by atoms with Crippen LogP contribution in [0.5, 0.6) is 0 Å². The summed E-state index contributed by atoms with van der Waals surface area (Å²) in [4.78, 5) is 13.6. The van der Waals surface area contributed by atoms with Crippen LogP contribution in [0.4, 0.5) is 0 Å². The highest BCUT2D eigenvalue weighted by Gasteiger charge is 2.20. The molecule has 0 fully saturated rings. The zero-order valence-electron chi connectivity index (χ0n) is 11.3. The molecular weight excluding hydrogens is 230 g/mol. The first-order chi connectivity index (χ1) is 8.54. The summed E-state index contributed by atoms with van der Waals surface area (Å²) in [5.74, 6) is 1.25. The van der Waals surface area contributed by atoms with Gasteiger partial charge < -0.3 is 15.5 Å². The summed E-state index contributed by atoms with van der Waals surface area (Å²) in [5.41, 5.74) is 5.73. The maximum absolute atomic E-state index is 11.7. The minimum Gasteiger partial charge on any atom is -0.468 e. The molecule has 0 saturated carbocycles. The molecule has 0 aliphatic rings. The van der Waals surface area contributed by atoms with Crippen LogP contribution in [-0.4, -0.2) is 37.5 Å². The number of rotatable bonds is 7. The summed E-state index contributed by atoms with van der Waals surface area (Å²) in [5, 5.41) is 2.89. The van der Waals surface area contributed by atoms with Crippen LogP contribution in [-0.2, 0) is 4.79 Å². The molecule has 1 aromatic rings. The summed E-state index contributed by atoms with van der Waals surface area (Å²) >= 11 is 0. The third-order valence-corrected chi connectivity index (χ3v) is 2.73. The lowest BCUT2D eigenvalue weighted by molar-refractivity contribution is -0.122. The Morgan fingerprint density at radius 2 is 2.28 bits per heavy atom. The molecular formula is C13H23N3O2. The van der Waals surface area contributed by atoms with E-state index in [0.29, 0.717) is 25.6 Å². The minimum atomic E-state index is -0.0650. The molecule has 5 heteroatoms.